The Bertz CT molecular complexity index is 1250. The molecule has 0 atom stereocenters. The number of amides is 1. The highest BCUT2D eigenvalue weighted by Gasteiger charge is 2.52. The molecule has 7 nitrogen and oxygen atoms in total. The molecule has 1 aliphatic carbocycles. The van der Waals surface area contributed by atoms with Crippen LogP contribution in [0, 0.1) is 5.41 Å². The Morgan fingerprint density at radius 2 is 1.45 bits per heavy atom. The first-order valence-corrected chi connectivity index (χ1v) is 12.3. The zero-order valence-corrected chi connectivity index (χ0v) is 18.7. The quantitative estimate of drug-likeness (QED) is 0.503. The molecule has 0 unspecified atom stereocenters. The molecule has 3 aromatic carbocycles. The number of anilines is 1. The third-order valence-electron chi connectivity index (χ3n) is 6.07. The van der Waals surface area contributed by atoms with Gasteiger partial charge in [-0.25, -0.2) is 8.42 Å². The van der Waals surface area contributed by atoms with E-state index in [1.165, 1.54) is 4.90 Å². The van der Waals surface area contributed by atoms with Crippen LogP contribution in [0.4, 0.5) is 5.69 Å². The van der Waals surface area contributed by atoms with Gasteiger partial charge in [0, 0.05) is 5.69 Å². The Morgan fingerprint density at radius 1 is 0.909 bits per heavy atom. The van der Waals surface area contributed by atoms with Crippen molar-refractivity contribution in [1.82, 2.24) is 10.2 Å². The molecule has 0 radical (unpaired) electrons. The summed E-state index contributed by atoms with van der Waals surface area (Å²) >= 11 is 0. The van der Waals surface area contributed by atoms with Gasteiger partial charge in [-0.2, -0.15) is 0 Å². The van der Waals surface area contributed by atoms with E-state index in [0.717, 1.165) is 16.7 Å². The zero-order chi connectivity index (χ0) is 23.1. The molecule has 0 aromatic heterocycles. The van der Waals surface area contributed by atoms with Crippen LogP contribution in [0.2, 0.25) is 0 Å². The largest absolute Gasteiger partial charge is 0.334 e. The van der Waals surface area contributed by atoms with Crippen molar-refractivity contribution in [3.8, 4) is 0 Å². The van der Waals surface area contributed by atoms with Gasteiger partial charge in [0.15, 0.2) is 11.5 Å². The zero-order valence-electron chi connectivity index (χ0n) is 17.9. The van der Waals surface area contributed by atoms with Gasteiger partial charge in [-0.1, -0.05) is 72.8 Å². The standard InChI is InChI=1S/C25H24N4O3S/c26-24-27-25(19-7-3-1-4-8-19,20-9-5-2-6-10-20)23(30)29(24)17-18-11-13-21(14-12-18)28-33(31,32)22-15-16-22/h1-14,22,28H,15-17H2,(H2,26,27). The normalized spacial score (nSPS) is 17.6. The van der Waals surface area contributed by atoms with Crippen LogP contribution in [0.1, 0.15) is 29.5 Å². The Balaban J connectivity index is 1.42. The summed E-state index contributed by atoms with van der Waals surface area (Å²) in [6, 6.07) is 25.8. The van der Waals surface area contributed by atoms with Crippen LogP contribution in [0.5, 0.6) is 0 Å². The highest BCUT2D eigenvalue weighted by Crippen LogP contribution is 2.36. The van der Waals surface area contributed by atoms with Gasteiger partial charge in [0.25, 0.3) is 5.91 Å². The second-order valence-corrected chi connectivity index (χ2v) is 10.4. The lowest BCUT2D eigenvalue weighted by atomic mass is 9.82. The molecule has 8 heteroatoms. The molecule has 33 heavy (non-hydrogen) atoms. The minimum Gasteiger partial charge on any atom is -0.334 e. The van der Waals surface area contributed by atoms with E-state index in [1.54, 1.807) is 24.3 Å². The molecular formula is C25H24N4O3S. The summed E-state index contributed by atoms with van der Waals surface area (Å²) in [6.45, 7) is 0.196. The summed E-state index contributed by atoms with van der Waals surface area (Å²) in [5.74, 6) is -0.213. The van der Waals surface area contributed by atoms with Gasteiger partial charge < -0.3 is 5.32 Å². The van der Waals surface area contributed by atoms with Crippen molar-refractivity contribution in [1.29, 1.82) is 5.41 Å². The number of nitrogens with zero attached hydrogens (tertiary/aromatic N) is 1. The van der Waals surface area contributed by atoms with E-state index >= 15 is 0 Å². The van der Waals surface area contributed by atoms with Crippen molar-refractivity contribution >= 4 is 27.6 Å². The van der Waals surface area contributed by atoms with Crippen molar-refractivity contribution in [2.45, 2.75) is 30.2 Å². The fraction of sp³-hybridized carbons (Fsp3) is 0.200. The highest BCUT2D eigenvalue weighted by atomic mass is 32.2. The number of rotatable bonds is 7. The maximum absolute atomic E-state index is 13.8. The molecule has 1 amide bonds. The van der Waals surface area contributed by atoms with E-state index in [2.05, 4.69) is 10.0 Å². The summed E-state index contributed by atoms with van der Waals surface area (Å²) < 4.78 is 26.9. The van der Waals surface area contributed by atoms with E-state index in [-0.39, 0.29) is 23.7 Å². The topological polar surface area (TPSA) is 102 Å². The molecule has 0 spiro atoms. The Labute approximate surface area is 193 Å². The minimum absolute atomic E-state index is 0.0196. The Morgan fingerprint density at radius 3 is 1.97 bits per heavy atom. The van der Waals surface area contributed by atoms with E-state index in [9.17, 15) is 13.2 Å². The second-order valence-electron chi connectivity index (χ2n) is 8.39. The molecule has 1 saturated carbocycles. The number of sulfonamides is 1. The molecule has 5 rings (SSSR count). The van der Waals surface area contributed by atoms with Gasteiger partial charge in [-0.15, -0.1) is 0 Å². The highest BCUT2D eigenvalue weighted by molar-refractivity contribution is 7.93. The van der Waals surface area contributed by atoms with Crippen LogP contribution in [-0.4, -0.2) is 30.4 Å². The van der Waals surface area contributed by atoms with Gasteiger partial charge >= 0.3 is 0 Å². The number of guanidine groups is 1. The predicted octanol–water partition coefficient (Wildman–Crippen LogP) is 3.40. The molecule has 3 aromatic rings. The number of carbonyl (C=O) groups excluding carboxylic acids is 1. The van der Waals surface area contributed by atoms with Gasteiger partial charge in [0.05, 0.1) is 11.8 Å². The first kappa shape index (κ1) is 21.2. The predicted molar refractivity (Wildman–Crippen MR) is 127 cm³/mol. The first-order chi connectivity index (χ1) is 15.9. The third-order valence-corrected chi connectivity index (χ3v) is 7.94. The van der Waals surface area contributed by atoms with Crippen molar-refractivity contribution in [3.05, 3.63) is 102 Å². The molecule has 3 N–H and O–H groups in total. The van der Waals surface area contributed by atoms with Gasteiger partial charge in [0.2, 0.25) is 10.0 Å². The molecule has 1 saturated heterocycles. The lowest BCUT2D eigenvalue weighted by molar-refractivity contribution is -0.130. The van der Waals surface area contributed by atoms with Crippen LogP contribution in [-0.2, 0) is 26.9 Å². The summed E-state index contributed by atoms with van der Waals surface area (Å²) in [5, 5.41) is 11.4. The Kier molecular flexibility index (Phi) is 5.17. The average molecular weight is 461 g/mol. The molecule has 1 heterocycles. The summed E-state index contributed by atoms with van der Waals surface area (Å²) in [5.41, 5.74) is 1.63. The number of hydrogen-bond donors (Lipinski definition) is 3. The minimum atomic E-state index is -3.33. The summed E-state index contributed by atoms with van der Waals surface area (Å²) in [6.07, 6.45) is 1.40. The monoisotopic (exact) mass is 460 g/mol. The third kappa shape index (κ3) is 3.87. The summed E-state index contributed by atoms with van der Waals surface area (Å²) in [4.78, 5) is 15.2. The van der Waals surface area contributed by atoms with E-state index in [1.807, 2.05) is 60.7 Å². The molecule has 1 aliphatic heterocycles. The Hall–Kier alpha value is -3.65. The van der Waals surface area contributed by atoms with Gasteiger partial charge in [0.1, 0.15) is 0 Å². The number of nitrogens with one attached hydrogen (secondary N) is 3. The van der Waals surface area contributed by atoms with Crippen LogP contribution >= 0.6 is 0 Å². The fourth-order valence-corrected chi connectivity index (χ4v) is 5.56. The first-order valence-electron chi connectivity index (χ1n) is 10.8. The number of carbonyl (C=O) groups is 1. The molecule has 168 valence electrons. The molecule has 2 fully saturated rings. The van der Waals surface area contributed by atoms with E-state index in [0.29, 0.717) is 18.5 Å². The maximum atomic E-state index is 13.8. The molecule has 0 bridgehead atoms. The average Bonchev–Trinajstić information content (AvgIpc) is 3.66. The second kappa shape index (κ2) is 8.04. The SMILES string of the molecule is N=C1NC(c2ccccc2)(c2ccccc2)C(=O)N1Cc1ccc(NS(=O)(=O)C2CC2)cc1. The van der Waals surface area contributed by atoms with Crippen LogP contribution < -0.4 is 10.0 Å². The van der Waals surface area contributed by atoms with Crippen molar-refractivity contribution in [2.24, 2.45) is 0 Å². The van der Waals surface area contributed by atoms with Crippen molar-refractivity contribution in [2.75, 3.05) is 4.72 Å². The smallest absolute Gasteiger partial charge is 0.264 e. The molecule has 2 aliphatic rings. The maximum Gasteiger partial charge on any atom is 0.264 e. The van der Waals surface area contributed by atoms with Crippen LogP contribution in [0.15, 0.2) is 84.9 Å². The lowest BCUT2D eigenvalue weighted by Crippen LogP contribution is -2.45. The summed E-state index contributed by atoms with van der Waals surface area (Å²) in [7, 11) is -3.33. The van der Waals surface area contributed by atoms with E-state index < -0.39 is 15.6 Å². The lowest BCUT2D eigenvalue weighted by Gasteiger charge is -2.28. The van der Waals surface area contributed by atoms with Crippen molar-refractivity contribution < 1.29 is 13.2 Å². The number of benzene rings is 3. The van der Waals surface area contributed by atoms with E-state index in [4.69, 9.17) is 5.41 Å². The van der Waals surface area contributed by atoms with Crippen LogP contribution in [0.3, 0.4) is 0 Å². The fourth-order valence-electron chi connectivity index (χ4n) is 4.17. The van der Waals surface area contributed by atoms with Crippen LogP contribution in [0.25, 0.3) is 0 Å². The van der Waals surface area contributed by atoms with Gasteiger partial charge in [-0.05, 0) is 41.7 Å². The number of hydrogen-bond acceptors (Lipinski definition) is 4. The van der Waals surface area contributed by atoms with Crippen molar-refractivity contribution in [3.63, 3.8) is 0 Å². The molecular weight excluding hydrogens is 436 g/mol. The van der Waals surface area contributed by atoms with Gasteiger partial charge in [-0.3, -0.25) is 19.8 Å².